The van der Waals surface area contributed by atoms with Gasteiger partial charge in [0, 0.05) is 36.3 Å². The third-order valence-corrected chi connectivity index (χ3v) is 4.52. The van der Waals surface area contributed by atoms with Crippen LogP contribution in [0.1, 0.15) is 46.2 Å². The first-order valence-electron chi connectivity index (χ1n) is 8.12. The molecule has 2 aliphatic rings. The van der Waals surface area contributed by atoms with E-state index in [0.717, 1.165) is 48.4 Å². The Bertz CT molecular complexity index is 731. The van der Waals surface area contributed by atoms with Crippen molar-refractivity contribution < 1.29 is 9.53 Å². The predicted octanol–water partition coefficient (Wildman–Crippen LogP) is 2.12. The van der Waals surface area contributed by atoms with Crippen LogP contribution in [0.15, 0.2) is 24.3 Å². The Morgan fingerprint density at radius 1 is 1.33 bits per heavy atom. The fourth-order valence-electron chi connectivity index (χ4n) is 3.31. The average molecular weight is 349 g/mol. The van der Waals surface area contributed by atoms with Gasteiger partial charge in [-0.3, -0.25) is 9.89 Å². The number of fused-ring (bicyclic) bond motifs is 2. The first-order chi connectivity index (χ1) is 11.3. The molecule has 0 fully saturated rings. The lowest BCUT2D eigenvalue weighted by molar-refractivity contribution is 0.0928. The second kappa shape index (κ2) is 7.23. The second-order valence-electron chi connectivity index (χ2n) is 6.01. The summed E-state index contributed by atoms with van der Waals surface area (Å²) in [4.78, 5) is 12.7. The van der Waals surface area contributed by atoms with Crippen LogP contribution >= 0.6 is 12.4 Å². The van der Waals surface area contributed by atoms with E-state index in [1.54, 1.807) is 0 Å². The number of H-pyrrole nitrogens is 1. The standard InChI is InChI=1S/C17H20N4O2.ClH/c22-17(16-12-10-18-8-7-14(12)20-21-16)19-13-5-3-9-23-15-6-2-1-4-11(13)15;/h1-2,4,6,13,18H,3,5,7-10H2,(H,19,22)(H,20,21);1H. The number of hydrogen-bond donors (Lipinski definition) is 3. The maximum Gasteiger partial charge on any atom is 0.272 e. The van der Waals surface area contributed by atoms with E-state index in [0.29, 0.717) is 18.8 Å². The SMILES string of the molecule is Cl.O=C(NC1CCCOc2ccccc21)c1n[nH]c2c1CNCC2. The van der Waals surface area contributed by atoms with E-state index in [2.05, 4.69) is 20.8 Å². The summed E-state index contributed by atoms with van der Waals surface area (Å²) in [6, 6.07) is 7.88. The monoisotopic (exact) mass is 348 g/mol. The van der Waals surface area contributed by atoms with Crippen molar-refractivity contribution in [1.82, 2.24) is 20.8 Å². The number of ether oxygens (including phenoxy) is 1. The Balaban J connectivity index is 0.00000169. The Kier molecular flexibility index (Phi) is 5.06. The molecule has 7 heteroatoms. The molecule has 2 aliphatic heterocycles. The first-order valence-corrected chi connectivity index (χ1v) is 8.12. The minimum absolute atomic E-state index is 0. The van der Waals surface area contributed by atoms with Crippen LogP contribution in [0.3, 0.4) is 0 Å². The van der Waals surface area contributed by atoms with E-state index in [9.17, 15) is 4.79 Å². The van der Waals surface area contributed by atoms with Gasteiger partial charge >= 0.3 is 0 Å². The van der Waals surface area contributed by atoms with Crippen LogP contribution < -0.4 is 15.4 Å². The van der Waals surface area contributed by atoms with Gasteiger partial charge in [0.05, 0.1) is 12.6 Å². The third-order valence-electron chi connectivity index (χ3n) is 4.52. The van der Waals surface area contributed by atoms with Gasteiger partial charge in [0.2, 0.25) is 0 Å². The number of hydrogen-bond acceptors (Lipinski definition) is 4. The number of aromatic amines is 1. The molecule has 0 bridgehead atoms. The number of carbonyl (C=O) groups is 1. The predicted molar refractivity (Wildman–Crippen MR) is 92.6 cm³/mol. The quantitative estimate of drug-likeness (QED) is 0.776. The molecule has 3 N–H and O–H groups in total. The largest absolute Gasteiger partial charge is 0.493 e. The molecule has 0 spiro atoms. The summed E-state index contributed by atoms with van der Waals surface area (Å²) in [5, 5.41) is 13.7. The van der Waals surface area contributed by atoms with Crippen LogP contribution in [0, 0.1) is 0 Å². The van der Waals surface area contributed by atoms with Gasteiger partial charge in [-0.15, -0.1) is 12.4 Å². The number of para-hydroxylation sites is 1. The summed E-state index contributed by atoms with van der Waals surface area (Å²) >= 11 is 0. The van der Waals surface area contributed by atoms with Crippen molar-refractivity contribution in [2.45, 2.75) is 31.8 Å². The summed E-state index contributed by atoms with van der Waals surface area (Å²) in [5.74, 6) is 0.744. The molecule has 1 aromatic heterocycles. The molecule has 0 saturated carbocycles. The van der Waals surface area contributed by atoms with Crippen molar-refractivity contribution in [3.05, 3.63) is 46.8 Å². The van der Waals surface area contributed by atoms with Gasteiger partial charge in [-0.2, -0.15) is 5.10 Å². The topological polar surface area (TPSA) is 79.0 Å². The number of aromatic nitrogens is 2. The van der Waals surface area contributed by atoms with Crippen molar-refractivity contribution in [2.75, 3.05) is 13.2 Å². The van der Waals surface area contributed by atoms with Gasteiger partial charge in [0.1, 0.15) is 5.75 Å². The second-order valence-corrected chi connectivity index (χ2v) is 6.01. The maximum absolute atomic E-state index is 12.7. The Labute approximate surface area is 146 Å². The van der Waals surface area contributed by atoms with E-state index in [1.165, 1.54) is 0 Å². The zero-order chi connectivity index (χ0) is 15.6. The molecule has 24 heavy (non-hydrogen) atoms. The number of amides is 1. The number of benzene rings is 1. The van der Waals surface area contributed by atoms with Gasteiger partial charge in [0.25, 0.3) is 5.91 Å². The molecule has 0 radical (unpaired) electrons. The van der Waals surface area contributed by atoms with Crippen molar-refractivity contribution in [1.29, 1.82) is 0 Å². The van der Waals surface area contributed by atoms with Gasteiger partial charge in [-0.25, -0.2) is 0 Å². The summed E-state index contributed by atoms with van der Waals surface area (Å²) in [6.45, 7) is 2.30. The van der Waals surface area contributed by atoms with Crippen molar-refractivity contribution in [3.8, 4) is 5.75 Å². The molecule has 128 valence electrons. The molecule has 4 rings (SSSR count). The van der Waals surface area contributed by atoms with Crippen molar-refractivity contribution >= 4 is 18.3 Å². The molecule has 0 aliphatic carbocycles. The normalized spacial score (nSPS) is 19.1. The van der Waals surface area contributed by atoms with Gasteiger partial charge in [-0.05, 0) is 18.9 Å². The molecule has 1 unspecified atom stereocenters. The van der Waals surface area contributed by atoms with Crippen LogP contribution in [0.2, 0.25) is 0 Å². The number of nitrogens with zero attached hydrogens (tertiary/aromatic N) is 1. The fourth-order valence-corrected chi connectivity index (χ4v) is 3.31. The summed E-state index contributed by atoms with van der Waals surface area (Å²) in [6.07, 6.45) is 2.67. The van der Waals surface area contributed by atoms with Crippen LogP contribution in [0.4, 0.5) is 0 Å². The van der Waals surface area contributed by atoms with Crippen molar-refractivity contribution in [2.24, 2.45) is 0 Å². The number of rotatable bonds is 2. The van der Waals surface area contributed by atoms with Gasteiger partial charge in [-0.1, -0.05) is 18.2 Å². The molecule has 1 amide bonds. The smallest absolute Gasteiger partial charge is 0.272 e. The minimum atomic E-state index is -0.118. The molecular formula is C17H21ClN4O2. The number of nitrogens with one attached hydrogen (secondary N) is 3. The highest BCUT2D eigenvalue weighted by molar-refractivity contribution is 5.94. The maximum atomic E-state index is 12.7. The van der Waals surface area contributed by atoms with E-state index < -0.39 is 0 Å². The molecule has 2 aromatic rings. The van der Waals surface area contributed by atoms with Crippen molar-refractivity contribution in [3.63, 3.8) is 0 Å². The summed E-state index contributed by atoms with van der Waals surface area (Å²) < 4.78 is 5.76. The van der Waals surface area contributed by atoms with Crippen LogP contribution in [-0.2, 0) is 13.0 Å². The van der Waals surface area contributed by atoms with E-state index >= 15 is 0 Å². The van der Waals surface area contributed by atoms with E-state index in [1.807, 2.05) is 24.3 Å². The summed E-state index contributed by atoms with van der Waals surface area (Å²) in [5.41, 5.74) is 3.61. The van der Waals surface area contributed by atoms with E-state index in [4.69, 9.17) is 4.74 Å². The molecule has 1 aromatic carbocycles. The zero-order valence-electron chi connectivity index (χ0n) is 13.3. The average Bonchev–Trinajstić information content (AvgIpc) is 2.92. The van der Waals surface area contributed by atoms with Crippen LogP contribution in [0.5, 0.6) is 5.75 Å². The molecule has 1 atom stereocenters. The number of carbonyl (C=O) groups excluding carboxylic acids is 1. The van der Waals surface area contributed by atoms with E-state index in [-0.39, 0.29) is 24.4 Å². The fraction of sp³-hybridized carbons (Fsp3) is 0.412. The Hall–Kier alpha value is -2.05. The lowest BCUT2D eigenvalue weighted by Gasteiger charge is -2.18. The Morgan fingerprint density at radius 3 is 3.12 bits per heavy atom. The van der Waals surface area contributed by atoms with Crippen LogP contribution in [-0.4, -0.2) is 29.3 Å². The molecule has 6 nitrogen and oxygen atoms in total. The van der Waals surface area contributed by atoms with Gasteiger partial charge < -0.3 is 15.4 Å². The number of halogens is 1. The highest BCUT2D eigenvalue weighted by Gasteiger charge is 2.26. The molecular weight excluding hydrogens is 328 g/mol. The molecule has 3 heterocycles. The minimum Gasteiger partial charge on any atom is -0.493 e. The third kappa shape index (κ3) is 3.12. The lowest BCUT2D eigenvalue weighted by atomic mass is 10.0. The lowest BCUT2D eigenvalue weighted by Crippen LogP contribution is -2.31. The Morgan fingerprint density at radius 2 is 2.21 bits per heavy atom. The highest BCUT2D eigenvalue weighted by atomic mass is 35.5. The van der Waals surface area contributed by atoms with Gasteiger partial charge in [0.15, 0.2) is 5.69 Å². The molecule has 0 saturated heterocycles. The highest BCUT2D eigenvalue weighted by Crippen LogP contribution is 2.31. The zero-order valence-corrected chi connectivity index (χ0v) is 14.1. The first kappa shape index (κ1) is 16.8. The summed E-state index contributed by atoms with van der Waals surface area (Å²) in [7, 11) is 0. The van der Waals surface area contributed by atoms with Crippen LogP contribution in [0.25, 0.3) is 0 Å².